The molecule has 0 aliphatic carbocycles. The predicted molar refractivity (Wildman–Crippen MR) is 167 cm³/mol. The molecule has 2 saturated heterocycles. The van der Waals surface area contributed by atoms with Gasteiger partial charge < -0.3 is 45.2 Å². The van der Waals surface area contributed by atoms with E-state index < -0.39 is 54.0 Å². The summed E-state index contributed by atoms with van der Waals surface area (Å²) in [6, 6.07) is -0.688. The van der Waals surface area contributed by atoms with E-state index in [1.165, 1.54) is 6.08 Å². The minimum absolute atomic E-state index is 0.0939. The molecule has 5 N–H and O–H groups in total. The van der Waals surface area contributed by atoms with Gasteiger partial charge in [-0.05, 0) is 72.0 Å². The molecule has 0 bridgehead atoms. The molecular weight excluding hydrogens is 568 g/mol. The van der Waals surface area contributed by atoms with Crippen LogP contribution in [0.15, 0.2) is 12.7 Å². The first kappa shape index (κ1) is 38.1. The predicted octanol–water partition coefficient (Wildman–Crippen LogP) is 1.03. The van der Waals surface area contributed by atoms with Gasteiger partial charge in [0.15, 0.2) is 6.29 Å². The average molecular weight is 627 g/mol. The summed E-state index contributed by atoms with van der Waals surface area (Å²) in [6.45, 7) is 13.1. The van der Waals surface area contributed by atoms with Gasteiger partial charge in [0.1, 0.15) is 6.10 Å². The first-order valence-corrected chi connectivity index (χ1v) is 16.0. The first-order chi connectivity index (χ1) is 20.5. The van der Waals surface area contributed by atoms with E-state index in [9.17, 15) is 29.7 Å². The molecule has 11 atom stereocenters. The van der Waals surface area contributed by atoms with E-state index in [4.69, 9.17) is 9.47 Å². The number of aliphatic hydroxyl groups excluding tert-OH is 2. The number of aliphatic hydroxyl groups is 3. The van der Waals surface area contributed by atoms with Crippen molar-refractivity contribution >= 4 is 17.7 Å². The maximum absolute atomic E-state index is 13.4. The van der Waals surface area contributed by atoms with Gasteiger partial charge >= 0.3 is 0 Å². The van der Waals surface area contributed by atoms with Gasteiger partial charge in [-0.3, -0.25) is 14.4 Å². The number of hydrogen-bond donors (Lipinski definition) is 5. The lowest BCUT2D eigenvalue weighted by Gasteiger charge is -2.46. The Morgan fingerprint density at radius 2 is 1.86 bits per heavy atom. The van der Waals surface area contributed by atoms with Crippen molar-refractivity contribution in [1.29, 1.82) is 0 Å². The maximum atomic E-state index is 13.4. The van der Waals surface area contributed by atoms with Crippen molar-refractivity contribution < 1.29 is 39.2 Å². The molecule has 12 heteroatoms. The molecule has 0 unspecified atom stereocenters. The molecule has 0 radical (unpaired) electrons. The van der Waals surface area contributed by atoms with Crippen molar-refractivity contribution in [2.75, 3.05) is 34.2 Å². The molecule has 3 amide bonds. The molecule has 0 spiro atoms. The standard InChI is InChI=1S/C32H58N4O8/c1-10-25(37)33-14-12-11-13-23-16-26(38)36(9)18-19(2)17-32(6,42)29(21(4)27(39)22(5)30(41)34-23)44-31-28(40)24(35(7)8)15-20(3)43-31/h10,19-24,27-29,31,39-40,42H,1,11-18H2,2-9H3,(H,33,37)(H,34,41)/t19-,20-,21+,22-,23+,24+,27+,28-,29-,31+,32-/m1/s1. The van der Waals surface area contributed by atoms with Gasteiger partial charge in [0, 0.05) is 44.6 Å². The van der Waals surface area contributed by atoms with Gasteiger partial charge in [0.25, 0.3) is 0 Å². The number of carbonyl (C=O) groups excluding carboxylic acids is 3. The van der Waals surface area contributed by atoms with Crippen LogP contribution >= 0.6 is 0 Å². The summed E-state index contributed by atoms with van der Waals surface area (Å²) in [7, 11) is 5.46. The number of ether oxygens (including phenoxy) is 2. The zero-order valence-corrected chi connectivity index (χ0v) is 28.0. The molecule has 2 aliphatic rings. The van der Waals surface area contributed by atoms with E-state index in [0.717, 1.165) is 0 Å². The van der Waals surface area contributed by atoms with Crippen LogP contribution < -0.4 is 10.6 Å². The second kappa shape index (κ2) is 17.0. The van der Waals surface area contributed by atoms with Crippen LogP contribution in [0.3, 0.4) is 0 Å². The summed E-state index contributed by atoms with van der Waals surface area (Å²) in [6.07, 6.45) is -0.482. The van der Waals surface area contributed by atoms with E-state index >= 15 is 0 Å². The minimum Gasteiger partial charge on any atom is -0.392 e. The Balaban J connectivity index is 2.32. The highest BCUT2D eigenvalue weighted by molar-refractivity contribution is 5.86. The van der Waals surface area contributed by atoms with Crippen molar-refractivity contribution in [3.8, 4) is 0 Å². The molecule has 254 valence electrons. The molecule has 2 fully saturated rings. The largest absolute Gasteiger partial charge is 0.392 e. The van der Waals surface area contributed by atoms with E-state index in [2.05, 4.69) is 17.2 Å². The van der Waals surface area contributed by atoms with Crippen LogP contribution in [0.1, 0.15) is 73.1 Å². The number of likely N-dealkylation sites (N-methyl/N-ethyl adjacent to an activating group) is 1. The summed E-state index contributed by atoms with van der Waals surface area (Å²) in [5.74, 6) is -2.56. The number of rotatable bonds is 9. The maximum Gasteiger partial charge on any atom is 0.243 e. The van der Waals surface area contributed by atoms with Gasteiger partial charge in [-0.2, -0.15) is 0 Å². The lowest BCUT2D eigenvalue weighted by molar-refractivity contribution is -0.299. The number of unbranched alkanes of at least 4 members (excludes halogenated alkanes) is 1. The smallest absolute Gasteiger partial charge is 0.243 e. The van der Waals surface area contributed by atoms with Crippen LogP contribution in [0.2, 0.25) is 0 Å². The van der Waals surface area contributed by atoms with E-state index in [0.29, 0.717) is 38.8 Å². The first-order valence-electron chi connectivity index (χ1n) is 16.0. The Morgan fingerprint density at radius 3 is 2.48 bits per heavy atom. The molecule has 44 heavy (non-hydrogen) atoms. The Hall–Kier alpha value is -2.09. The van der Waals surface area contributed by atoms with Crippen molar-refractivity contribution in [3.05, 3.63) is 12.7 Å². The quantitative estimate of drug-likeness (QED) is 0.186. The SMILES string of the molecule is C=CC(=O)NCCCC[C@H]1CC(=O)N(C)C[C@H](C)C[C@@](C)(O)[C@H](O[C@@H]2O[C@H](C)C[C@H](N(C)C)[C@H]2O)[C@@H](C)[C@H](O)[C@@H](C)C(=O)N1. The number of carbonyl (C=O) groups is 3. The molecule has 0 saturated carbocycles. The van der Waals surface area contributed by atoms with Crippen LogP contribution in [0, 0.1) is 17.8 Å². The fourth-order valence-corrected chi connectivity index (χ4v) is 6.61. The number of nitrogens with zero attached hydrogens (tertiary/aromatic N) is 2. The Kier molecular flexibility index (Phi) is 14.7. The van der Waals surface area contributed by atoms with Crippen LogP contribution in [-0.4, -0.2) is 125 Å². The Labute approximate surface area is 263 Å². The van der Waals surface area contributed by atoms with Crippen molar-refractivity contribution in [3.63, 3.8) is 0 Å². The topological polar surface area (TPSA) is 161 Å². The zero-order chi connectivity index (χ0) is 33.4. The molecule has 0 aromatic carbocycles. The molecule has 0 aromatic rings. The summed E-state index contributed by atoms with van der Waals surface area (Å²) < 4.78 is 12.4. The average Bonchev–Trinajstić information content (AvgIpc) is 2.94. The fourth-order valence-electron chi connectivity index (χ4n) is 6.61. The number of nitrogens with one attached hydrogen (secondary N) is 2. The van der Waals surface area contributed by atoms with Gasteiger partial charge in [0.2, 0.25) is 17.7 Å². The lowest BCUT2D eigenvalue weighted by atomic mass is 9.77. The fraction of sp³-hybridized carbons (Fsp3) is 0.844. The second-order valence-corrected chi connectivity index (χ2v) is 13.6. The lowest BCUT2D eigenvalue weighted by Crippen LogP contribution is -2.59. The van der Waals surface area contributed by atoms with E-state index in [-0.39, 0.29) is 42.7 Å². The molecular formula is C32H58N4O8. The monoisotopic (exact) mass is 626 g/mol. The third kappa shape index (κ3) is 10.8. The minimum atomic E-state index is -1.50. The Bertz CT molecular complexity index is 963. The highest BCUT2D eigenvalue weighted by Crippen LogP contribution is 2.35. The third-order valence-corrected chi connectivity index (χ3v) is 9.12. The van der Waals surface area contributed by atoms with Crippen LogP contribution in [0.4, 0.5) is 0 Å². The van der Waals surface area contributed by atoms with Crippen molar-refractivity contribution in [1.82, 2.24) is 20.4 Å². The van der Waals surface area contributed by atoms with Gasteiger partial charge in [0.05, 0.1) is 29.8 Å². The highest BCUT2D eigenvalue weighted by atomic mass is 16.7. The molecule has 2 rings (SSSR count). The van der Waals surface area contributed by atoms with Gasteiger partial charge in [-0.15, -0.1) is 0 Å². The zero-order valence-electron chi connectivity index (χ0n) is 28.0. The van der Waals surface area contributed by atoms with Crippen LogP contribution in [0.25, 0.3) is 0 Å². The summed E-state index contributed by atoms with van der Waals surface area (Å²) in [5, 5.41) is 40.2. The van der Waals surface area contributed by atoms with Gasteiger partial charge in [-0.25, -0.2) is 0 Å². The summed E-state index contributed by atoms with van der Waals surface area (Å²) in [5.41, 5.74) is -1.50. The molecule has 2 heterocycles. The summed E-state index contributed by atoms with van der Waals surface area (Å²) >= 11 is 0. The number of hydrogen-bond acceptors (Lipinski definition) is 9. The van der Waals surface area contributed by atoms with Crippen molar-refractivity contribution in [2.45, 2.75) is 122 Å². The van der Waals surface area contributed by atoms with Crippen molar-refractivity contribution in [2.24, 2.45) is 17.8 Å². The molecule has 12 nitrogen and oxygen atoms in total. The highest BCUT2D eigenvalue weighted by Gasteiger charge is 2.47. The van der Waals surface area contributed by atoms with E-state index in [1.54, 1.807) is 32.7 Å². The second-order valence-electron chi connectivity index (χ2n) is 13.6. The number of amides is 3. The van der Waals surface area contributed by atoms with Crippen LogP contribution in [0.5, 0.6) is 0 Å². The van der Waals surface area contributed by atoms with Gasteiger partial charge in [-0.1, -0.05) is 27.4 Å². The molecule has 0 aromatic heterocycles. The normalized spacial score (nSPS) is 38.1. The Morgan fingerprint density at radius 1 is 1.20 bits per heavy atom. The molecule has 2 aliphatic heterocycles. The summed E-state index contributed by atoms with van der Waals surface area (Å²) in [4.78, 5) is 41.6. The van der Waals surface area contributed by atoms with E-state index in [1.807, 2.05) is 32.8 Å². The van der Waals surface area contributed by atoms with Crippen LogP contribution in [-0.2, 0) is 23.9 Å². The third-order valence-electron chi connectivity index (χ3n) is 9.12.